The van der Waals surface area contributed by atoms with E-state index in [-0.39, 0.29) is 30.7 Å². The Morgan fingerprint density at radius 3 is 2.32 bits per heavy atom. The number of primary amides is 1. The second-order valence-corrected chi connectivity index (χ2v) is 10.8. The highest BCUT2D eigenvalue weighted by Gasteiger charge is 2.37. The van der Waals surface area contributed by atoms with Crippen LogP contribution < -0.4 is 16.4 Å². The molecule has 3 aromatic rings. The number of para-hydroxylation sites is 1. The molecule has 5 N–H and O–H groups in total. The van der Waals surface area contributed by atoms with Gasteiger partial charge in [0.05, 0.1) is 0 Å². The van der Waals surface area contributed by atoms with E-state index in [1.807, 2.05) is 36.4 Å². The number of nitrogens with one attached hydrogen (secondary N) is 2. The van der Waals surface area contributed by atoms with Gasteiger partial charge in [-0.3, -0.25) is 14.4 Å². The fraction of sp³-hybridized carbons (Fsp3) is 0.355. The van der Waals surface area contributed by atoms with Crippen molar-refractivity contribution >= 4 is 40.3 Å². The standard InChI is InChI=1S/C31H38N4O6/c1-6-35(29(39)24(16-17-25(32)36)34-30(40)41-31(3,4)5)26(23-13-9-10-19(2)27(23)37)28(38)33-22-15-14-20-11-7-8-12-21(20)18-22/h7-15,18,24,26,37H,6,16-17H2,1-5H3,(H2,32,36)(H,33,38)(H,34,40). The lowest BCUT2D eigenvalue weighted by Gasteiger charge is -2.34. The average Bonchev–Trinajstić information content (AvgIpc) is 2.90. The molecule has 4 amide bonds. The molecular formula is C31H38N4O6. The highest BCUT2D eigenvalue weighted by molar-refractivity contribution is 6.01. The van der Waals surface area contributed by atoms with Crippen LogP contribution in [0.1, 0.15) is 57.7 Å². The number of aromatic hydroxyl groups is 1. The van der Waals surface area contributed by atoms with Gasteiger partial charge in [0.1, 0.15) is 23.4 Å². The molecule has 2 unspecified atom stereocenters. The molecule has 41 heavy (non-hydrogen) atoms. The Kier molecular flexibility index (Phi) is 9.94. The number of carbonyl (C=O) groups excluding carboxylic acids is 4. The van der Waals surface area contributed by atoms with Gasteiger partial charge in [-0.25, -0.2) is 4.79 Å². The SMILES string of the molecule is CCN(C(=O)C(CCC(N)=O)NC(=O)OC(C)(C)C)C(C(=O)Nc1ccc2ccccc2c1)c1cccc(C)c1O. The van der Waals surface area contributed by atoms with E-state index in [9.17, 15) is 24.3 Å². The molecule has 0 aliphatic carbocycles. The first-order valence-electron chi connectivity index (χ1n) is 13.5. The number of aryl methyl sites for hydroxylation is 1. The summed E-state index contributed by atoms with van der Waals surface area (Å²) in [5, 5.41) is 18.3. The maximum Gasteiger partial charge on any atom is 0.408 e. The molecule has 3 rings (SSSR count). The zero-order valence-electron chi connectivity index (χ0n) is 24.1. The van der Waals surface area contributed by atoms with Crippen LogP contribution in [-0.4, -0.2) is 52.0 Å². The molecule has 10 nitrogen and oxygen atoms in total. The van der Waals surface area contributed by atoms with Gasteiger partial charge in [0.15, 0.2) is 0 Å². The lowest BCUT2D eigenvalue weighted by atomic mass is 9.98. The minimum atomic E-state index is -1.27. The molecule has 0 saturated heterocycles. The molecule has 0 spiro atoms. The molecule has 0 aliphatic rings. The highest BCUT2D eigenvalue weighted by atomic mass is 16.6. The molecule has 3 aromatic carbocycles. The Morgan fingerprint density at radius 2 is 1.68 bits per heavy atom. The van der Waals surface area contributed by atoms with Crippen molar-refractivity contribution in [1.29, 1.82) is 0 Å². The third kappa shape index (κ3) is 8.20. The molecule has 0 heterocycles. The van der Waals surface area contributed by atoms with Crippen LogP contribution in [-0.2, 0) is 19.1 Å². The van der Waals surface area contributed by atoms with Gasteiger partial charge in [0, 0.05) is 24.2 Å². The van der Waals surface area contributed by atoms with Crippen molar-refractivity contribution in [2.45, 2.75) is 65.1 Å². The number of hydrogen-bond acceptors (Lipinski definition) is 6. The monoisotopic (exact) mass is 562 g/mol. The van der Waals surface area contributed by atoms with Gasteiger partial charge < -0.3 is 31.1 Å². The summed E-state index contributed by atoms with van der Waals surface area (Å²) in [5.74, 6) is -1.99. The number of nitrogens with zero attached hydrogens (tertiary/aromatic N) is 1. The molecule has 10 heteroatoms. The first-order chi connectivity index (χ1) is 19.3. The number of anilines is 1. The number of phenols is 1. The van der Waals surface area contributed by atoms with Crippen LogP contribution in [0.2, 0.25) is 0 Å². The van der Waals surface area contributed by atoms with Gasteiger partial charge in [-0.1, -0.05) is 48.5 Å². The maximum absolute atomic E-state index is 14.0. The maximum atomic E-state index is 14.0. The second kappa shape index (κ2) is 13.2. The fourth-order valence-corrected chi connectivity index (χ4v) is 4.49. The van der Waals surface area contributed by atoms with Crippen LogP contribution in [0.3, 0.4) is 0 Å². The Bertz CT molecular complexity index is 1430. The van der Waals surface area contributed by atoms with Crippen LogP contribution in [0, 0.1) is 6.92 Å². The van der Waals surface area contributed by atoms with Crippen LogP contribution in [0.5, 0.6) is 5.75 Å². The zero-order valence-corrected chi connectivity index (χ0v) is 24.1. The number of rotatable bonds is 10. The van der Waals surface area contributed by atoms with Crippen molar-refractivity contribution in [3.05, 3.63) is 71.8 Å². The number of ether oxygens (including phenoxy) is 1. The summed E-state index contributed by atoms with van der Waals surface area (Å²) >= 11 is 0. The Hall–Kier alpha value is -4.60. The van der Waals surface area contributed by atoms with Crippen LogP contribution in [0.25, 0.3) is 10.8 Å². The summed E-state index contributed by atoms with van der Waals surface area (Å²) in [4.78, 5) is 53.3. The summed E-state index contributed by atoms with van der Waals surface area (Å²) in [6.45, 7) is 8.45. The molecule has 0 aromatic heterocycles. The van der Waals surface area contributed by atoms with Crippen molar-refractivity contribution in [2.24, 2.45) is 5.73 Å². The van der Waals surface area contributed by atoms with Crippen LogP contribution in [0.15, 0.2) is 60.7 Å². The molecule has 0 bridgehead atoms. The number of carbonyl (C=O) groups is 4. The first kappa shape index (κ1) is 30.9. The number of amides is 4. The number of phenolic OH excluding ortho intramolecular Hbond substituents is 1. The van der Waals surface area contributed by atoms with E-state index >= 15 is 0 Å². The fourth-order valence-electron chi connectivity index (χ4n) is 4.49. The number of alkyl carbamates (subject to hydrolysis) is 1. The zero-order chi connectivity index (χ0) is 30.3. The van der Waals surface area contributed by atoms with Crippen molar-refractivity contribution < 1.29 is 29.0 Å². The van der Waals surface area contributed by atoms with Crippen LogP contribution in [0.4, 0.5) is 10.5 Å². The summed E-state index contributed by atoms with van der Waals surface area (Å²) < 4.78 is 5.32. The third-order valence-corrected chi connectivity index (χ3v) is 6.43. The lowest BCUT2D eigenvalue weighted by molar-refractivity contribution is -0.140. The molecule has 0 aliphatic heterocycles. The summed E-state index contributed by atoms with van der Waals surface area (Å²) in [7, 11) is 0. The molecular weight excluding hydrogens is 524 g/mol. The van der Waals surface area contributed by atoms with Gasteiger partial charge in [0.2, 0.25) is 11.8 Å². The largest absolute Gasteiger partial charge is 0.507 e. The Labute approximate surface area is 239 Å². The molecule has 218 valence electrons. The summed E-state index contributed by atoms with van der Waals surface area (Å²) in [6, 6.07) is 15.6. The summed E-state index contributed by atoms with van der Waals surface area (Å²) in [6.07, 6.45) is -1.15. The highest BCUT2D eigenvalue weighted by Crippen LogP contribution is 2.33. The second-order valence-electron chi connectivity index (χ2n) is 10.8. The van der Waals surface area contributed by atoms with E-state index < -0.39 is 41.5 Å². The number of likely N-dealkylation sites (N-methyl/N-ethyl adjacent to an activating group) is 1. The van der Waals surface area contributed by atoms with Crippen molar-refractivity contribution in [3.63, 3.8) is 0 Å². The normalized spacial score (nSPS) is 12.7. The number of fused-ring (bicyclic) bond motifs is 1. The minimum absolute atomic E-state index is 0.0467. The predicted octanol–water partition coefficient (Wildman–Crippen LogP) is 4.54. The summed E-state index contributed by atoms with van der Waals surface area (Å²) in [5.41, 5.74) is 5.74. The number of benzene rings is 3. The van der Waals surface area contributed by atoms with Gasteiger partial charge in [0.25, 0.3) is 5.91 Å². The van der Waals surface area contributed by atoms with Crippen molar-refractivity contribution in [3.8, 4) is 5.75 Å². The topological polar surface area (TPSA) is 151 Å². The van der Waals surface area contributed by atoms with E-state index in [2.05, 4.69) is 10.6 Å². The van der Waals surface area contributed by atoms with Crippen molar-refractivity contribution in [2.75, 3.05) is 11.9 Å². The van der Waals surface area contributed by atoms with E-state index in [1.54, 1.807) is 58.9 Å². The number of nitrogens with two attached hydrogens (primary N) is 1. The molecule has 0 fully saturated rings. The van der Waals surface area contributed by atoms with Gasteiger partial charge in [-0.2, -0.15) is 0 Å². The van der Waals surface area contributed by atoms with Gasteiger partial charge in [-0.15, -0.1) is 0 Å². The molecule has 2 atom stereocenters. The minimum Gasteiger partial charge on any atom is -0.507 e. The molecule has 0 radical (unpaired) electrons. The van der Waals surface area contributed by atoms with E-state index in [0.29, 0.717) is 11.3 Å². The first-order valence-corrected chi connectivity index (χ1v) is 13.5. The van der Waals surface area contributed by atoms with Crippen molar-refractivity contribution in [1.82, 2.24) is 10.2 Å². The Balaban J connectivity index is 2.01. The van der Waals surface area contributed by atoms with E-state index in [0.717, 1.165) is 10.8 Å². The quantitative estimate of drug-likeness (QED) is 0.285. The molecule has 0 saturated carbocycles. The van der Waals surface area contributed by atoms with Gasteiger partial charge in [-0.05, 0) is 69.5 Å². The van der Waals surface area contributed by atoms with Crippen LogP contribution >= 0.6 is 0 Å². The average molecular weight is 563 g/mol. The smallest absolute Gasteiger partial charge is 0.408 e. The lowest BCUT2D eigenvalue weighted by Crippen LogP contribution is -2.52. The van der Waals surface area contributed by atoms with E-state index in [1.165, 1.54) is 4.90 Å². The number of hydrogen-bond donors (Lipinski definition) is 4. The van der Waals surface area contributed by atoms with E-state index in [4.69, 9.17) is 10.5 Å². The predicted molar refractivity (Wildman–Crippen MR) is 157 cm³/mol. The Morgan fingerprint density at radius 1 is 1.00 bits per heavy atom. The third-order valence-electron chi connectivity index (χ3n) is 6.43. The van der Waals surface area contributed by atoms with Gasteiger partial charge >= 0.3 is 6.09 Å².